The van der Waals surface area contributed by atoms with Crippen molar-refractivity contribution < 1.29 is 14.0 Å². The standard InChI is InChI=1S/C29H37ClN2O3/c1-19(2)26(31-27(33)25-15-14-24(35-25)21-8-6-5-7-9-21)28(34)32-17-16-23(29(3,4)18-32)20-10-12-22(30)13-11-20/h6,8-10,12,14-15,19,23,26H,5,7,11,13,16-18H2,1-4H3,(H,31,33)/t23-,26-/m1/s1. The number of rotatable bonds is 6. The van der Waals surface area contributed by atoms with E-state index in [9.17, 15) is 9.59 Å². The summed E-state index contributed by atoms with van der Waals surface area (Å²) in [5.74, 6) is 0.909. The van der Waals surface area contributed by atoms with E-state index in [-0.39, 0.29) is 28.9 Å². The molecule has 1 saturated heterocycles. The number of hydrogen-bond acceptors (Lipinski definition) is 3. The summed E-state index contributed by atoms with van der Waals surface area (Å²) in [6.07, 6.45) is 15.2. The van der Waals surface area contributed by atoms with Crippen molar-refractivity contribution in [1.82, 2.24) is 10.2 Å². The van der Waals surface area contributed by atoms with Crippen molar-refractivity contribution in [2.75, 3.05) is 13.1 Å². The third-order valence-corrected chi connectivity index (χ3v) is 7.76. The monoisotopic (exact) mass is 496 g/mol. The van der Waals surface area contributed by atoms with Gasteiger partial charge in [-0.3, -0.25) is 9.59 Å². The molecule has 5 nitrogen and oxygen atoms in total. The van der Waals surface area contributed by atoms with Crippen LogP contribution in [0.4, 0.5) is 0 Å². The summed E-state index contributed by atoms with van der Waals surface area (Å²) >= 11 is 6.16. The SMILES string of the molecule is CC(C)[C@@H](NC(=O)c1ccc(C2=CCCC=C2)o1)C(=O)N1CC[C@H](C2=CC=C(Cl)CC2)C(C)(C)C1. The van der Waals surface area contributed by atoms with Gasteiger partial charge in [-0.2, -0.15) is 0 Å². The fourth-order valence-electron chi connectivity index (χ4n) is 5.48. The van der Waals surface area contributed by atoms with E-state index >= 15 is 0 Å². The second-order valence-corrected chi connectivity index (χ2v) is 11.4. The van der Waals surface area contributed by atoms with Gasteiger partial charge in [0.2, 0.25) is 5.91 Å². The Balaban J connectivity index is 1.43. The predicted molar refractivity (Wildman–Crippen MR) is 141 cm³/mol. The molecule has 2 amide bonds. The van der Waals surface area contributed by atoms with E-state index in [1.165, 1.54) is 5.57 Å². The van der Waals surface area contributed by atoms with Gasteiger partial charge in [0.05, 0.1) is 0 Å². The van der Waals surface area contributed by atoms with Gasteiger partial charge in [-0.25, -0.2) is 0 Å². The normalized spacial score (nSPS) is 22.9. The van der Waals surface area contributed by atoms with Crippen molar-refractivity contribution >= 4 is 29.0 Å². The van der Waals surface area contributed by atoms with Gasteiger partial charge in [0.1, 0.15) is 11.8 Å². The van der Waals surface area contributed by atoms with Gasteiger partial charge < -0.3 is 14.6 Å². The summed E-state index contributed by atoms with van der Waals surface area (Å²) in [5.41, 5.74) is 2.36. The smallest absolute Gasteiger partial charge is 0.287 e. The van der Waals surface area contributed by atoms with Crippen LogP contribution in [0.2, 0.25) is 0 Å². The molecule has 0 spiro atoms. The lowest BCUT2D eigenvalue weighted by Gasteiger charge is -2.46. The molecule has 1 fully saturated rings. The van der Waals surface area contributed by atoms with E-state index < -0.39 is 6.04 Å². The molecule has 0 bridgehead atoms. The zero-order chi connectivity index (χ0) is 25.2. The molecular weight excluding hydrogens is 460 g/mol. The highest BCUT2D eigenvalue weighted by Gasteiger charge is 2.41. The van der Waals surface area contributed by atoms with E-state index in [4.69, 9.17) is 16.0 Å². The third kappa shape index (κ3) is 5.83. The third-order valence-electron chi connectivity index (χ3n) is 7.45. The lowest BCUT2D eigenvalue weighted by molar-refractivity contribution is -0.138. The summed E-state index contributed by atoms with van der Waals surface area (Å²) in [4.78, 5) is 28.5. The Morgan fingerprint density at radius 2 is 1.97 bits per heavy atom. The Morgan fingerprint density at radius 3 is 2.60 bits per heavy atom. The molecule has 1 N–H and O–H groups in total. The number of carbonyl (C=O) groups excluding carboxylic acids is 2. The number of likely N-dealkylation sites (tertiary alicyclic amines) is 1. The number of halogens is 1. The summed E-state index contributed by atoms with van der Waals surface area (Å²) < 4.78 is 5.84. The topological polar surface area (TPSA) is 62.6 Å². The maximum atomic E-state index is 13.6. The molecule has 0 radical (unpaired) electrons. The molecule has 2 atom stereocenters. The van der Waals surface area contributed by atoms with Crippen LogP contribution in [-0.2, 0) is 4.79 Å². The number of piperidine rings is 1. The quantitative estimate of drug-likeness (QED) is 0.490. The zero-order valence-corrected chi connectivity index (χ0v) is 22.0. The minimum absolute atomic E-state index is 0.0230. The number of furan rings is 1. The lowest BCUT2D eigenvalue weighted by Crippen LogP contribution is -2.56. The minimum atomic E-state index is -0.604. The van der Waals surface area contributed by atoms with Crippen LogP contribution in [0.5, 0.6) is 0 Å². The highest BCUT2D eigenvalue weighted by molar-refractivity contribution is 6.29. The second kappa shape index (κ2) is 10.6. The van der Waals surface area contributed by atoms with Gasteiger partial charge >= 0.3 is 0 Å². The van der Waals surface area contributed by atoms with E-state index in [1.54, 1.807) is 6.07 Å². The van der Waals surface area contributed by atoms with Crippen molar-refractivity contribution in [3.63, 3.8) is 0 Å². The van der Waals surface area contributed by atoms with E-state index in [0.29, 0.717) is 24.8 Å². The van der Waals surface area contributed by atoms with Crippen molar-refractivity contribution in [1.29, 1.82) is 0 Å². The Bertz CT molecular complexity index is 1090. The van der Waals surface area contributed by atoms with Gasteiger partial charge in [-0.15, -0.1) is 0 Å². The molecule has 6 heteroatoms. The van der Waals surface area contributed by atoms with Crippen LogP contribution >= 0.6 is 11.6 Å². The first-order valence-electron chi connectivity index (χ1n) is 12.8. The predicted octanol–water partition coefficient (Wildman–Crippen LogP) is 6.49. The number of carbonyl (C=O) groups is 2. The average Bonchev–Trinajstić information content (AvgIpc) is 3.33. The van der Waals surface area contributed by atoms with Gasteiger partial charge in [-0.05, 0) is 67.6 Å². The number of allylic oxidation sites excluding steroid dienone is 8. The van der Waals surface area contributed by atoms with Crippen molar-refractivity contribution in [2.45, 2.75) is 65.8 Å². The molecule has 1 aromatic rings. The first kappa shape index (κ1) is 25.6. The molecule has 0 aromatic carbocycles. The van der Waals surface area contributed by atoms with Crippen LogP contribution in [0.1, 0.15) is 76.1 Å². The summed E-state index contributed by atoms with van der Waals surface area (Å²) in [7, 11) is 0. The number of amides is 2. The highest BCUT2D eigenvalue weighted by Crippen LogP contribution is 2.43. The maximum absolute atomic E-state index is 13.6. The van der Waals surface area contributed by atoms with Crippen molar-refractivity contribution in [3.8, 4) is 0 Å². The minimum Gasteiger partial charge on any atom is -0.451 e. The summed E-state index contributed by atoms with van der Waals surface area (Å²) in [6.45, 7) is 9.75. The van der Waals surface area contributed by atoms with Crippen LogP contribution in [-0.4, -0.2) is 35.8 Å². The number of hydrogen-bond donors (Lipinski definition) is 1. The molecule has 0 saturated carbocycles. The largest absolute Gasteiger partial charge is 0.451 e. The van der Waals surface area contributed by atoms with Crippen LogP contribution in [0.25, 0.3) is 5.57 Å². The van der Waals surface area contributed by atoms with E-state index in [2.05, 4.69) is 37.4 Å². The molecule has 1 aromatic heterocycles. The summed E-state index contributed by atoms with van der Waals surface area (Å²) in [6, 6.07) is 2.90. The molecule has 1 aliphatic heterocycles. The first-order chi connectivity index (χ1) is 16.7. The van der Waals surface area contributed by atoms with Gasteiger partial charge in [0.25, 0.3) is 5.91 Å². The maximum Gasteiger partial charge on any atom is 0.287 e. The Hall–Kier alpha value is -2.53. The average molecular weight is 497 g/mol. The Labute approximate surface area is 214 Å². The van der Waals surface area contributed by atoms with Crippen LogP contribution in [0.3, 0.4) is 0 Å². The summed E-state index contributed by atoms with van der Waals surface area (Å²) in [5, 5.41) is 3.87. The van der Waals surface area contributed by atoms with Crippen molar-refractivity contribution in [2.24, 2.45) is 17.3 Å². The fraction of sp³-hybridized carbons (Fsp3) is 0.517. The molecule has 0 unspecified atom stereocenters. The molecule has 2 heterocycles. The molecule has 35 heavy (non-hydrogen) atoms. The molecular formula is C29H37ClN2O3. The van der Waals surface area contributed by atoms with E-state index in [1.807, 2.05) is 37.0 Å². The molecule has 3 aliphatic rings. The Kier molecular flexibility index (Phi) is 7.75. The number of nitrogens with one attached hydrogen (secondary N) is 1. The van der Waals surface area contributed by atoms with Crippen LogP contribution in [0, 0.1) is 17.3 Å². The lowest BCUT2D eigenvalue weighted by atomic mass is 9.68. The number of nitrogens with zero attached hydrogens (tertiary/aromatic N) is 1. The van der Waals surface area contributed by atoms with Crippen LogP contribution < -0.4 is 5.32 Å². The first-order valence-corrected chi connectivity index (χ1v) is 13.1. The van der Waals surface area contributed by atoms with Gasteiger partial charge in [0.15, 0.2) is 5.76 Å². The Morgan fingerprint density at radius 1 is 1.17 bits per heavy atom. The second-order valence-electron chi connectivity index (χ2n) is 10.9. The van der Waals surface area contributed by atoms with Crippen LogP contribution in [0.15, 0.2) is 57.5 Å². The van der Waals surface area contributed by atoms with Gasteiger partial charge in [-0.1, -0.05) is 69.2 Å². The van der Waals surface area contributed by atoms with Gasteiger partial charge in [0, 0.05) is 23.7 Å². The van der Waals surface area contributed by atoms with E-state index in [0.717, 1.165) is 42.7 Å². The zero-order valence-electron chi connectivity index (χ0n) is 21.3. The molecule has 4 rings (SSSR count). The van der Waals surface area contributed by atoms with Crippen molar-refractivity contribution in [3.05, 3.63) is 64.6 Å². The molecule has 188 valence electrons. The molecule has 2 aliphatic carbocycles. The fourth-order valence-corrected chi connectivity index (χ4v) is 5.64. The highest BCUT2D eigenvalue weighted by atomic mass is 35.5.